The van der Waals surface area contributed by atoms with Gasteiger partial charge in [-0.1, -0.05) is 31.2 Å². The summed E-state index contributed by atoms with van der Waals surface area (Å²) in [6, 6.07) is 13.9. The highest BCUT2D eigenvalue weighted by Gasteiger charge is 2.34. The van der Waals surface area contributed by atoms with Gasteiger partial charge in [-0.2, -0.15) is 0 Å². The third kappa shape index (κ3) is 3.59. The van der Waals surface area contributed by atoms with E-state index in [4.69, 9.17) is 4.74 Å². The van der Waals surface area contributed by atoms with Gasteiger partial charge >= 0.3 is 0 Å². The fourth-order valence-electron chi connectivity index (χ4n) is 2.78. The third-order valence-corrected chi connectivity index (χ3v) is 4.06. The number of fused-ring (bicyclic) bond motifs is 1. The Morgan fingerprint density at radius 1 is 1.00 bits per heavy atom. The van der Waals surface area contributed by atoms with Crippen molar-refractivity contribution in [2.24, 2.45) is 0 Å². The Hall–Kier alpha value is -3.15. The summed E-state index contributed by atoms with van der Waals surface area (Å²) in [4.78, 5) is 38.0. The van der Waals surface area contributed by atoms with Crippen LogP contribution in [0, 0.1) is 0 Å². The van der Waals surface area contributed by atoms with Crippen molar-refractivity contribution in [2.45, 2.75) is 19.8 Å². The Balaban J connectivity index is 1.61. The van der Waals surface area contributed by atoms with E-state index in [9.17, 15) is 14.4 Å². The monoisotopic (exact) mass is 352 g/mol. The summed E-state index contributed by atoms with van der Waals surface area (Å²) in [5.41, 5.74) is 1.35. The van der Waals surface area contributed by atoms with Gasteiger partial charge in [0.15, 0.2) is 0 Å². The van der Waals surface area contributed by atoms with Crippen molar-refractivity contribution in [3.8, 4) is 5.75 Å². The number of para-hydroxylation sites is 2. The highest BCUT2D eigenvalue weighted by Crippen LogP contribution is 2.25. The number of anilines is 1. The van der Waals surface area contributed by atoms with E-state index in [2.05, 4.69) is 5.32 Å². The van der Waals surface area contributed by atoms with Gasteiger partial charge in [0.2, 0.25) is 5.91 Å². The maximum atomic E-state index is 12.3. The molecule has 26 heavy (non-hydrogen) atoms. The van der Waals surface area contributed by atoms with Gasteiger partial charge in [-0.05, 0) is 30.7 Å². The molecule has 3 amide bonds. The van der Waals surface area contributed by atoms with Crippen molar-refractivity contribution in [2.75, 3.05) is 18.5 Å². The van der Waals surface area contributed by atoms with Crippen molar-refractivity contribution in [3.05, 3.63) is 59.7 Å². The maximum Gasteiger partial charge on any atom is 0.261 e. The summed E-state index contributed by atoms with van der Waals surface area (Å²) in [7, 11) is 0. The molecule has 0 atom stereocenters. The van der Waals surface area contributed by atoms with E-state index >= 15 is 0 Å². The minimum atomic E-state index is -0.356. The van der Waals surface area contributed by atoms with Gasteiger partial charge in [0.05, 0.1) is 23.4 Å². The Bertz CT molecular complexity index is 812. The summed E-state index contributed by atoms with van der Waals surface area (Å²) >= 11 is 0. The van der Waals surface area contributed by atoms with E-state index in [0.29, 0.717) is 29.2 Å². The van der Waals surface area contributed by atoms with Crippen molar-refractivity contribution in [3.63, 3.8) is 0 Å². The zero-order valence-electron chi connectivity index (χ0n) is 14.5. The number of rotatable bonds is 7. The molecule has 1 heterocycles. The summed E-state index contributed by atoms with van der Waals surface area (Å²) < 4.78 is 5.61. The van der Waals surface area contributed by atoms with Crippen molar-refractivity contribution >= 4 is 23.4 Å². The fourth-order valence-corrected chi connectivity index (χ4v) is 2.78. The first-order chi connectivity index (χ1) is 12.6. The average molecular weight is 352 g/mol. The average Bonchev–Trinajstić information content (AvgIpc) is 2.90. The molecule has 0 saturated heterocycles. The SMILES string of the molecule is CCCOc1ccccc1NC(=O)CCN1C(=O)c2ccccc2C1=O. The summed E-state index contributed by atoms with van der Waals surface area (Å²) in [6.07, 6.45) is 0.885. The number of ether oxygens (including phenoxy) is 1. The summed E-state index contributed by atoms with van der Waals surface area (Å²) in [6.45, 7) is 2.60. The van der Waals surface area contributed by atoms with Crippen LogP contribution in [0.5, 0.6) is 5.75 Å². The van der Waals surface area contributed by atoms with Crippen LogP contribution in [0.25, 0.3) is 0 Å². The van der Waals surface area contributed by atoms with E-state index in [-0.39, 0.29) is 30.7 Å². The van der Waals surface area contributed by atoms with Crippen LogP contribution in [0.4, 0.5) is 5.69 Å². The number of nitrogens with one attached hydrogen (secondary N) is 1. The molecule has 0 radical (unpaired) electrons. The van der Waals surface area contributed by atoms with E-state index in [0.717, 1.165) is 11.3 Å². The second kappa shape index (κ2) is 7.82. The number of imide groups is 1. The van der Waals surface area contributed by atoms with Crippen molar-refractivity contribution in [1.29, 1.82) is 0 Å². The molecule has 0 fully saturated rings. The number of benzene rings is 2. The largest absolute Gasteiger partial charge is 0.491 e. The molecule has 1 aliphatic rings. The first-order valence-electron chi connectivity index (χ1n) is 8.58. The predicted octanol–water partition coefficient (Wildman–Crippen LogP) is 3.10. The molecule has 1 aliphatic heterocycles. The normalized spacial score (nSPS) is 12.9. The predicted molar refractivity (Wildman–Crippen MR) is 97.3 cm³/mol. The van der Waals surface area contributed by atoms with Gasteiger partial charge in [-0.3, -0.25) is 19.3 Å². The van der Waals surface area contributed by atoms with Crippen LogP contribution >= 0.6 is 0 Å². The number of nitrogens with zero attached hydrogens (tertiary/aromatic N) is 1. The van der Waals surface area contributed by atoms with Crippen LogP contribution in [0.1, 0.15) is 40.5 Å². The molecule has 134 valence electrons. The molecule has 1 N–H and O–H groups in total. The first kappa shape index (κ1) is 17.7. The van der Waals surface area contributed by atoms with Gasteiger partial charge in [0.25, 0.3) is 11.8 Å². The Morgan fingerprint density at radius 2 is 1.62 bits per heavy atom. The van der Waals surface area contributed by atoms with Crippen LogP contribution in [0.2, 0.25) is 0 Å². The van der Waals surface area contributed by atoms with E-state index in [1.54, 1.807) is 42.5 Å². The van der Waals surface area contributed by atoms with E-state index < -0.39 is 0 Å². The van der Waals surface area contributed by atoms with E-state index in [1.807, 2.05) is 13.0 Å². The van der Waals surface area contributed by atoms with Gasteiger partial charge in [-0.15, -0.1) is 0 Å². The third-order valence-electron chi connectivity index (χ3n) is 4.06. The molecule has 0 saturated carbocycles. The molecular formula is C20H20N2O4. The molecule has 6 heteroatoms. The molecular weight excluding hydrogens is 332 g/mol. The quantitative estimate of drug-likeness (QED) is 0.777. The summed E-state index contributed by atoms with van der Waals surface area (Å²) in [5.74, 6) is -0.396. The lowest BCUT2D eigenvalue weighted by atomic mass is 10.1. The molecule has 3 rings (SSSR count). The zero-order chi connectivity index (χ0) is 18.5. The van der Waals surface area contributed by atoms with Crippen LogP contribution in [-0.2, 0) is 4.79 Å². The van der Waals surface area contributed by atoms with Crippen LogP contribution in [-0.4, -0.2) is 35.8 Å². The molecule has 6 nitrogen and oxygen atoms in total. The zero-order valence-corrected chi connectivity index (χ0v) is 14.5. The minimum Gasteiger partial charge on any atom is -0.491 e. The number of hydrogen-bond donors (Lipinski definition) is 1. The lowest BCUT2D eigenvalue weighted by Gasteiger charge is -2.15. The van der Waals surface area contributed by atoms with Crippen LogP contribution in [0.15, 0.2) is 48.5 Å². The van der Waals surface area contributed by atoms with Crippen molar-refractivity contribution in [1.82, 2.24) is 4.90 Å². The standard InChI is InChI=1S/C20H20N2O4/c1-2-13-26-17-10-6-5-9-16(17)21-18(23)11-12-22-19(24)14-7-3-4-8-15(14)20(22)25/h3-10H,2,11-13H2,1H3,(H,21,23). The molecule has 0 bridgehead atoms. The Kier molecular flexibility index (Phi) is 5.31. The smallest absolute Gasteiger partial charge is 0.261 e. The minimum absolute atomic E-state index is 0.0214. The highest BCUT2D eigenvalue weighted by molar-refractivity contribution is 6.21. The fraction of sp³-hybridized carbons (Fsp3) is 0.250. The first-order valence-corrected chi connectivity index (χ1v) is 8.58. The topological polar surface area (TPSA) is 75.7 Å². The van der Waals surface area contributed by atoms with Crippen LogP contribution < -0.4 is 10.1 Å². The molecule has 0 spiro atoms. The highest BCUT2D eigenvalue weighted by atomic mass is 16.5. The number of amides is 3. The molecule has 2 aromatic carbocycles. The van der Waals surface area contributed by atoms with Gasteiger partial charge in [0.1, 0.15) is 5.75 Å². The molecule has 0 aromatic heterocycles. The number of hydrogen-bond acceptors (Lipinski definition) is 4. The Labute approximate surface area is 151 Å². The second-order valence-electron chi connectivity index (χ2n) is 5.95. The Morgan fingerprint density at radius 3 is 2.27 bits per heavy atom. The van der Waals surface area contributed by atoms with Crippen molar-refractivity contribution < 1.29 is 19.1 Å². The molecule has 2 aromatic rings. The van der Waals surface area contributed by atoms with Crippen LogP contribution in [0.3, 0.4) is 0 Å². The second-order valence-corrected chi connectivity index (χ2v) is 5.95. The van der Waals surface area contributed by atoms with Gasteiger partial charge in [-0.25, -0.2) is 0 Å². The molecule has 0 aliphatic carbocycles. The van der Waals surface area contributed by atoms with Gasteiger partial charge in [0, 0.05) is 13.0 Å². The van der Waals surface area contributed by atoms with E-state index in [1.165, 1.54) is 0 Å². The number of carbonyl (C=O) groups excluding carboxylic acids is 3. The lowest BCUT2D eigenvalue weighted by Crippen LogP contribution is -2.32. The summed E-state index contributed by atoms with van der Waals surface area (Å²) in [5, 5.41) is 2.78. The number of carbonyl (C=O) groups is 3. The maximum absolute atomic E-state index is 12.3. The molecule has 0 unspecified atom stereocenters. The van der Waals surface area contributed by atoms with Gasteiger partial charge < -0.3 is 10.1 Å². The lowest BCUT2D eigenvalue weighted by molar-refractivity contribution is -0.116.